The lowest BCUT2D eigenvalue weighted by Gasteiger charge is -2.14. The Morgan fingerprint density at radius 2 is 2.00 bits per heavy atom. The van der Waals surface area contributed by atoms with Gasteiger partial charge in [0.15, 0.2) is 0 Å². The van der Waals surface area contributed by atoms with E-state index in [0.717, 1.165) is 0 Å². The molecule has 0 aromatic carbocycles. The van der Waals surface area contributed by atoms with Crippen LogP contribution in [0.3, 0.4) is 0 Å². The molecule has 0 aromatic heterocycles. The van der Waals surface area contributed by atoms with Crippen molar-refractivity contribution in [2.24, 2.45) is 0 Å². The first-order chi connectivity index (χ1) is 5.41. The van der Waals surface area contributed by atoms with Gasteiger partial charge in [-0.1, -0.05) is 0 Å². The lowest BCUT2D eigenvalue weighted by molar-refractivity contribution is -0.154. The molecule has 0 aliphatic carbocycles. The largest absolute Gasteiger partial charge is 0.480 e. The average Bonchev–Trinajstić information content (AvgIpc) is 2.30. The van der Waals surface area contributed by atoms with Crippen LogP contribution in [0.1, 0.15) is 12.8 Å². The third-order valence-electron chi connectivity index (χ3n) is 1.84. The molecule has 12 heavy (non-hydrogen) atoms. The van der Waals surface area contributed by atoms with Gasteiger partial charge in [0, 0.05) is 0 Å². The zero-order chi connectivity index (χ0) is 9.35. The second-order valence-electron chi connectivity index (χ2n) is 2.73. The van der Waals surface area contributed by atoms with Gasteiger partial charge in [0.05, 0.1) is 0 Å². The van der Waals surface area contributed by atoms with Gasteiger partial charge in [0.2, 0.25) is 0 Å². The number of hydrogen-bond acceptors (Lipinski definition) is 2. The predicted molar refractivity (Wildman–Crippen MR) is 33.6 cm³/mol. The number of rotatable bonds is 1. The SMILES string of the molecule is O=C(O)[C@@H]1CCC(C(F)(F)F)N1. The van der Waals surface area contributed by atoms with Gasteiger partial charge in [-0.05, 0) is 12.8 Å². The molecule has 0 spiro atoms. The number of nitrogens with one attached hydrogen (secondary N) is 1. The van der Waals surface area contributed by atoms with Crippen LogP contribution in [0, 0.1) is 0 Å². The number of carboxylic acid groups (broad SMARTS) is 1. The third-order valence-corrected chi connectivity index (χ3v) is 1.84. The number of carboxylic acids is 1. The first-order valence-electron chi connectivity index (χ1n) is 3.47. The molecule has 1 heterocycles. The smallest absolute Gasteiger partial charge is 0.403 e. The third kappa shape index (κ3) is 1.88. The fraction of sp³-hybridized carbons (Fsp3) is 0.833. The van der Waals surface area contributed by atoms with Crippen molar-refractivity contribution in [3.05, 3.63) is 0 Å². The highest BCUT2D eigenvalue weighted by Gasteiger charge is 2.45. The van der Waals surface area contributed by atoms with E-state index in [1.165, 1.54) is 0 Å². The summed E-state index contributed by atoms with van der Waals surface area (Å²) in [7, 11) is 0. The van der Waals surface area contributed by atoms with Crippen LogP contribution < -0.4 is 5.32 Å². The second-order valence-corrected chi connectivity index (χ2v) is 2.73. The second kappa shape index (κ2) is 2.93. The summed E-state index contributed by atoms with van der Waals surface area (Å²) in [6.45, 7) is 0. The molecule has 6 heteroatoms. The van der Waals surface area contributed by atoms with Crippen LogP contribution >= 0.6 is 0 Å². The Hall–Kier alpha value is -0.780. The van der Waals surface area contributed by atoms with Crippen LogP contribution in [0.4, 0.5) is 13.2 Å². The summed E-state index contributed by atoms with van der Waals surface area (Å²) < 4.78 is 35.8. The van der Waals surface area contributed by atoms with Crippen LogP contribution in [0.25, 0.3) is 0 Å². The molecule has 3 nitrogen and oxygen atoms in total. The van der Waals surface area contributed by atoms with Gasteiger partial charge >= 0.3 is 12.1 Å². The fourth-order valence-electron chi connectivity index (χ4n) is 1.20. The van der Waals surface area contributed by atoms with Crippen molar-refractivity contribution >= 4 is 5.97 Å². The normalized spacial score (nSPS) is 30.6. The lowest BCUT2D eigenvalue weighted by Crippen LogP contribution is -2.43. The van der Waals surface area contributed by atoms with E-state index in [1.54, 1.807) is 0 Å². The van der Waals surface area contributed by atoms with Gasteiger partial charge in [-0.25, -0.2) is 0 Å². The van der Waals surface area contributed by atoms with Gasteiger partial charge in [-0.3, -0.25) is 10.1 Å². The molecule has 2 N–H and O–H groups in total. The summed E-state index contributed by atoms with van der Waals surface area (Å²) >= 11 is 0. The van der Waals surface area contributed by atoms with E-state index in [1.807, 2.05) is 5.32 Å². The van der Waals surface area contributed by atoms with Crippen LogP contribution in [0.5, 0.6) is 0 Å². The highest BCUT2D eigenvalue weighted by atomic mass is 19.4. The van der Waals surface area contributed by atoms with E-state index in [-0.39, 0.29) is 12.8 Å². The standard InChI is InChI=1S/C6H8F3NO2/c7-6(8,9)4-2-1-3(10-4)5(11)12/h3-4,10H,1-2H2,(H,11,12)/t3-,4?/m0/s1. The van der Waals surface area contributed by atoms with E-state index >= 15 is 0 Å². The maximum Gasteiger partial charge on any atom is 0.403 e. The molecule has 70 valence electrons. The van der Waals surface area contributed by atoms with Crippen LogP contribution in [-0.4, -0.2) is 29.3 Å². The number of halogens is 3. The van der Waals surface area contributed by atoms with Gasteiger partial charge in [0.25, 0.3) is 0 Å². The Morgan fingerprint density at radius 3 is 2.25 bits per heavy atom. The molecule has 1 aliphatic heterocycles. The molecule has 1 rings (SSSR count). The Labute approximate surface area is 66.6 Å². The number of aliphatic carboxylic acids is 1. The molecule has 0 bridgehead atoms. The minimum atomic E-state index is -4.33. The summed E-state index contributed by atoms with van der Waals surface area (Å²) in [5.41, 5.74) is 0. The minimum absolute atomic E-state index is 0.0412. The Morgan fingerprint density at radius 1 is 1.42 bits per heavy atom. The van der Waals surface area contributed by atoms with E-state index in [4.69, 9.17) is 5.11 Å². The Bertz CT molecular complexity index is 192. The Balaban J connectivity index is 2.51. The highest BCUT2D eigenvalue weighted by molar-refractivity contribution is 5.73. The zero-order valence-electron chi connectivity index (χ0n) is 6.06. The molecule has 0 saturated carbocycles. The molecule has 2 atom stereocenters. The van der Waals surface area contributed by atoms with Crippen molar-refractivity contribution in [1.82, 2.24) is 5.32 Å². The molecule has 1 aliphatic rings. The Kier molecular flexibility index (Phi) is 2.27. The topological polar surface area (TPSA) is 49.3 Å². The summed E-state index contributed by atoms with van der Waals surface area (Å²) in [5.74, 6) is -1.22. The molecule has 0 amide bonds. The van der Waals surface area contributed by atoms with Crippen molar-refractivity contribution in [2.75, 3.05) is 0 Å². The number of alkyl halides is 3. The predicted octanol–water partition coefficient (Wildman–Crippen LogP) is 0.754. The molecule has 1 fully saturated rings. The highest BCUT2D eigenvalue weighted by Crippen LogP contribution is 2.28. The van der Waals surface area contributed by atoms with E-state index in [2.05, 4.69) is 0 Å². The van der Waals surface area contributed by atoms with Crippen molar-refractivity contribution < 1.29 is 23.1 Å². The summed E-state index contributed by atoms with van der Waals surface area (Å²) in [6, 6.07) is -2.70. The summed E-state index contributed by atoms with van der Waals surface area (Å²) in [4.78, 5) is 10.2. The first kappa shape index (κ1) is 9.31. The molecule has 1 unspecified atom stereocenters. The van der Waals surface area contributed by atoms with Crippen LogP contribution in [0.2, 0.25) is 0 Å². The first-order valence-corrected chi connectivity index (χ1v) is 3.47. The van der Waals surface area contributed by atoms with E-state index in [0.29, 0.717) is 0 Å². The fourth-order valence-corrected chi connectivity index (χ4v) is 1.20. The van der Waals surface area contributed by atoms with E-state index < -0.39 is 24.2 Å². The number of hydrogen-bond donors (Lipinski definition) is 2. The van der Waals surface area contributed by atoms with Crippen LogP contribution in [0.15, 0.2) is 0 Å². The van der Waals surface area contributed by atoms with Crippen molar-refractivity contribution in [3.63, 3.8) is 0 Å². The summed E-state index contributed by atoms with van der Waals surface area (Å²) in [6.07, 6.45) is -4.44. The maximum absolute atomic E-state index is 11.9. The average molecular weight is 183 g/mol. The van der Waals surface area contributed by atoms with Gasteiger partial charge in [-0.2, -0.15) is 13.2 Å². The van der Waals surface area contributed by atoms with Gasteiger partial charge < -0.3 is 5.11 Å². The zero-order valence-corrected chi connectivity index (χ0v) is 6.06. The van der Waals surface area contributed by atoms with Gasteiger partial charge in [-0.15, -0.1) is 0 Å². The quantitative estimate of drug-likeness (QED) is 0.630. The van der Waals surface area contributed by atoms with Crippen molar-refractivity contribution in [2.45, 2.75) is 31.1 Å². The van der Waals surface area contributed by atoms with Crippen LogP contribution in [-0.2, 0) is 4.79 Å². The minimum Gasteiger partial charge on any atom is -0.480 e. The van der Waals surface area contributed by atoms with Gasteiger partial charge in [0.1, 0.15) is 12.1 Å². The lowest BCUT2D eigenvalue weighted by atomic mass is 10.2. The molecule has 0 aromatic rings. The number of carbonyl (C=O) groups is 1. The molecular weight excluding hydrogens is 175 g/mol. The summed E-state index contributed by atoms with van der Waals surface area (Å²) in [5, 5.41) is 10.4. The molecular formula is C6H8F3NO2. The van der Waals surface area contributed by atoms with E-state index in [9.17, 15) is 18.0 Å². The molecule has 0 radical (unpaired) electrons. The molecule has 1 saturated heterocycles. The van der Waals surface area contributed by atoms with Crippen molar-refractivity contribution in [3.8, 4) is 0 Å². The van der Waals surface area contributed by atoms with Crippen molar-refractivity contribution in [1.29, 1.82) is 0 Å². The monoisotopic (exact) mass is 183 g/mol. The maximum atomic E-state index is 11.9.